The Morgan fingerprint density at radius 1 is 1.21 bits per heavy atom. The average molecular weight is 202 g/mol. The number of carbonyl (C=O) groups excluding carboxylic acids is 3. The number of esters is 2. The van der Waals surface area contributed by atoms with Crippen LogP contribution in [0, 0.1) is 5.92 Å². The molecule has 0 aliphatic heterocycles. The molecular formula is C9H14O5. The molecule has 0 unspecified atom stereocenters. The standard InChI is InChI=1S/C9H14O5/c1-13-8(11)7(9(12)14-2)5-3-4-6-10/h6-7H,3-5H2,1-2H3. The van der Waals surface area contributed by atoms with Crippen molar-refractivity contribution in [2.75, 3.05) is 14.2 Å². The lowest BCUT2D eigenvalue weighted by Crippen LogP contribution is -2.26. The van der Waals surface area contributed by atoms with Gasteiger partial charge >= 0.3 is 11.9 Å². The molecule has 0 aliphatic carbocycles. The molecule has 0 fully saturated rings. The van der Waals surface area contributed by atoms with Gasteiger partial charge in [0.25, 0.3) is 0 Å². The first-order valence-electron chi connectivity index (χ1n) is 4.26. The summed E-state index contributed by atoms with van der Waals surface area (Å²) in [7, 11) is 2.41. The van der Waals surface area contributed by atoms with Crippen LogP contribution >= 0.6 is 0 Å². The lowest BCUT2D eigenvalue weighted by Gasteiger charge is -2.10. The second kappa shape index (κ2) is 7.06. The Morgan fingerprint density at radius 2 is 1.71 bits per heavy atom. The summed E-state index contributed by atoms with van der Waals surface area (Å²) in [6.07, 6.45) is 1.81. The van der Waals surface area contributed by atoms with E-state index in [-0.39, 0.29) is 6.42 Å². The van der Waals surface area contributed by atoms with E-state index in [1.54, 1.807) is 0 Å². The lowest BCUT2D eigenvalue weighted by molar-refractivity contribution is -0.159. The van der Waals surface area contributed by atoms with Crippen LogP contribution in [0.15, 0.2) is 0 Å². The van der Waals surface area contributed by atoms with E-state index in [2.05, 4.69) is 9.47 Å². The van der Waals surface area contributed by atoms with Gasteiger partial charge < -0.3 is 14.3 Å². The molecule has 0 N–H and O–H groups in total. The molecule has 0 spiro atoms. The van der Waals surface area contributed by atoms with E-state index < -0.39 is 17.9 Å². The molecule has 0 amide bonds. The van der Waals surface area contributed by atoms with Crippen LogP contribution in [-0.2, 0) is 23.9 Å². The van der Waals surface area contributed by atoms with E-state index in [1.165, 1.54) is 14.2 Å². The van der Waals surface area contributed by atoms with Crippen LogP contribution in [-0.4, -0.2) is 32.4 Å². The molecule has 0 aromatic heterocycles. The molecule has 0 heterocycles. The SMILES string of the molecule is COC(=O)C(CCCC=O)C(=O)OC. The minimum absolute atomic E-state index is 0.276. The van der Waals surface area contributed by atoms with E-state index in [0.717, 1.165) is 6.29 Å². The highest BCUT2D eigenvalue weighted by atomic mass is 16.5. The van der Waals surface area contributed by atoms with Crippen LogP contribution < -0.4 is 0 Å². The highest BCUT2D eigenvalue weighted by Gasteiger charge is 2.27. The average Bonchev–Trinajstić information content (AvgIpc) is 2.22. The molecular weight excluding hydrogens is 188 g/mol. The van der Waals surface area contributed by atoms with Crippen molar-refractivity contribution in [2.45, 2.75) is 19.3 Å². The zero-order chi connectivity index (χ0) is 11.0. The third-order valence-electron chi connectivity index (χ3n) is 1.79. The summed E-state index contributed by atoms with van der Waals surface area (Å²) in [6.45, 7) is 0. The third-order valence-corrected chi connectivity index (χ3v) is 1.79. The molecule has 5 nitrogen and oxygen atoms in total. The van der Waals surface area contributed by atoms with Crippen LogP contribution in [0.25, 0.3) is 0 Å². The summed E-state index contributed by atoms with van der Waals surface area (Å²) >= 11 is 0. The number of carbonyl (C=O) groups is 3. The zero-order valence-corrected chi connectivity index (χ0v) is 8.32. The van der Waals surface area contributed by atoms with Crippen molar-refractivity contribution in [2.24, 2.45) is 5.92 Å². The summed E-state index contributed by atoms with van der Waals surface area (Å²) in [5, 5.41) is 0. The highest BCUT2D eigenvalue weighted by Crippen LogP contribution is 2.11. The molecule has 5 heteroatoms. The second-order valence-corrected chi connectivity index (χ2v) is 2.70. The van der Waals surface area contributed by atoms with Gasteiger partial charge in [0, 0.05) is 6.42 Å². The van der Waals surface area contributed by atoms with E-state index in [0.29, 0.717) is 12.8 Å². The van der Waals surface area contributed by atoms with Gasteiger partial charge in [-0.25, -0.2) is 0 Å². The Kier molecular flexibility index (Phi) is 6.36. The largest absolute Gasteiger partial charge is 0.468 e. The van der Waals surface area contributed by atoms with Crippen molar-refractivity contribution >= 4 is 18.2 Å². The smallest absolute Gasteiger partial charge is 0.320 e. The predicted molar refractivity (Wildman–Crippen MR) is 47.4 cm³/mol. The molecule has 80 valence electrons. The maximum atomic E-state index is 11.1. The molecule has 0 bridgehead atoms. The van der Waals surface area contributed by atoms with Gasteiger partial charge in [-0.2, -0.15) is 0 Å². The normalized spacial score (nSPS) is 9.64. The van der Waals surface area contributed by atoms with E-state index in [9.17, 15) is 14.4 Å². The number of hydrogen-bond acceptors (Lipinski definition) is 5. The van der Waals surface area contributed by atoms with Crippen LogP contribution in [0.3, 0.4) is 0 Å². The van der Waals surface area contributed by atoms with Gasteiger partial charge in [-0.15, -0.1) is 0 Å². The molecule has 0 saturated heterocycles. The van der Waals surface area contributed by atoms with Crippen molar-refractivity contribution in [3.63, 3.8) is 0 Å². The summed E-state index contributed by atoms with van der Waals surface area (Å²) in [4.78, 5) is 32.2. The third kappa shape index (κ3) is 4.02. The minimum Gasteiger partial charge on any atom is -0.468 e. The summed E-state index contributed by atoms with van der Waals surface area (Å²) in [6, 6.07) is 0. The molecule has 0 saturated carbocycles. The first-order valence-corrected chi connectivity index (χ1v) is 4.26. The maximum absolute atomic E-state index is 11.1. The van der Waals surface area contributed by atoms with Crippen molar-refractivity contribution in [3.8, 4) is 0 Å². The van der Waals surface area contributed by atoms with Crippen LogP contribution in [0.1, 0.15) is 19.3 Å². The fourth-order valence-corrected chi connectivity index (χ4v) is 1.02. The van der Waals surface area contributed by atoms with Crippen LogP contribution in [0.2, 0.25) is 0 Å². The van der Waals surface area contributed by atoms with Crippen LogP contribution in [0.4, 0.5) is 0 Å². The number of rotatable bonds is 6. The number of ether oxygens (including phenoxy) is 2. The Hall–Kier alpha value is -1.39. The molecule has 0 aromatic rings. The summed E-state index contributed by atoms with van der Waals surface area (Å²) in [5.74, 6) is -2.16. The highest BCUT2D eigenvalue weighted by molar-refractivity contribution is 5.94. The first-order chi connectivity index (χ1) is 6.67. The van der Waals surface area contributed by atoms with Crippen molar-refractivity contribution in [1.82, 2.24) is 0 Å². The maximum Gasteiger partial charge on any atom is 0.320 e. The minimum atomic E-state index is -0.912. The molecule has 0 aliphatic rings. The van der Waals surface area contributed by atoms with Gasteiger partial charge in [-0.1, -0.05) is 0 Å². The van der Waals surface area contributed by atoms with Crippen molar-refractivity contribution in [1.29, 1.82) is 0 Å². The fourth-order valence-electron chi connectivity index (χ4n) is 1.02. The van der Waals surface area contributed by atoms with E-state index in [1.807, 2.05) is 0 Å². The Morgan fingerprint density at radius 3 is 2.07 bits per heavy atom. The van der Waals surface area contributed by atoms with Gasteiger partial charge in [0.05, 0.1) is 14.2 Å². The van der Waals surface area contributed by atoms with E-state index >= 15 is 0 Å². The molecule has 0 atom stereocenters. The predicted octanol–water partition coefficient (Wildman–Crippen LogP) is 0.318. The number of aldehydes is 1. The van der Waals surface area contributed by atoms with Crippen molar-refractivity contribution < 1.29 is 23.9 Å². The van der Waals surface area contributed by atoms with Gasteiger partial charge in [0.15, 0.2) is 5.92 Å². The Balaban J connectivity index is 4.17. The van der Waals surface area contributed by atoms with Gasteiger partial charge in [-0.05, 0) is 12.8 Å². The van der Waals surface area contributed by atoms with Gasteiger partial charge in [0.2, 0.25) is 0 Å². The van der Waals surface area contributed by atoms with Crippen LogP contribution in [0.5, 0.6) is 0 Å². The Labute approximate surface area is 82.4 Å². The van der Waals surface area contributed by atoms with E-state index in [4.69, 9.17) is 0 Å². The summed E-state index contributed by atoms with van der Waals surface area (Å²) < 4.78 is 8.88. The number of unbranched alkanes of at least 4 members (excludes halogenated alkanes) is 1. The van der Waals surface area contributed by atoms with Crippen molar-refractivity contribution in [3.05, 3.63) is 0 Å². The lowest BCUT2D eigenvalue weighted by atomic mass is 10.0. The topological polar surface area (TPSA) is 69.7 Å². The number of hydrogen-bond donors (Lipinski definition) is 0. The number of methoxy groups -OCH3 is 2. The molecule has 0 radical (unpaired) electrons. The monoisotopic (exact) mass is 202 g/mol. The molecule has 0 aromatic carbocycles. The first kappa shape index (κ1) is 12.6. The van der Waals surface area contributed by atoms with Gasteiger partial charge in [-0.3, -0.25) is 9.59 Å². The molecule has 0 rings (SSSR count). The Bertz CT molecular complexity index is 195. The van der Waals surface area contributed by atoms with Gasteiger partial charge in [0.1, 0.15) is 6.29 Å². The quantitative estimate of drug-likeness (QED) is 0.268. The summed E-state index contributed by atoms with van der Waals surface area (Å²) in [5.41, 5.74) is 0. The second-order valence-electron chi connectivity index (χ2n) is 2.70. The molecule has 14 heavy (non-hydrogen) atoms. The fraction of sp³-hybridized carbons (Fsp3) is 0.667. The zero-order valence-electron chi connectivity index (χ0n) is 8.32.